The first-order valence-corrected chi connectivity index (χ1v) is 8.82. The van der Waals surface area contributed by atoms with Gasteiger partial charge in [-0.3, -0.25) is 4.99 Å². The topological polar surface area (TPSA) is 45.7 Å². The van der Waals surface area contributed by atoms with Gasteiger partial charge in [-0.25, -0.2) is 0 Å². The molecule has 3 atom stereocenters. The van der Waals surface area contributed by atoms with Crippen molar-refractivity contribution >= 4 is 29.9 Å². The molecule has 0 aromatic carbocycles. The number of halogens is 1. The van der Waals surface area contributed by atoms with Crippen LogP contribution in [0, 0.1) is 11.3 Å². The van der Waals surface area contributed by atoms with E-state index in [1.807, 2.05) is 0 Å². The summed E-state index contributed by atoms with van der Waals surface area (Å²) < 4.78 is 6.00. The molecule has 22 heavy (non-hydrogen) atoms. The molecule has 2 aliphatic carbocycles. The Morgan fingerprint density at radius 2 is 1.86 bits per heavy atom. The van der Waals surface area contributed by atoms with Crippen molar-refractivity contribution in [2.24, 2.45) is 16.3 Å². The van der Waals surface area contributed by atoms with E-state index >= 15 is 0 Å². The highest BCUT2D eigenvalue weighted by molar-refractivity contribution is 14.0. The lowest BCUT2D eigenvalue weighted by atomic mass is 9.55. The van der Waals surface area contributed by atoms with E-state index in [-0.39, 0.29) is 29.4 Å². The summed E-state index contributed by atoms with van der Waals surface area (Å²) in [6.45, 7) is 8.54. The van der Waals surface area contributed by atoms with Gasteiger partial charge < -0.3 is 15.4 Å². The van der Waals surface area contributed by atoms with Gasteiger partial charge >= 0.3 is 0 Å². The monoisotopic (exact) mass is 421 g/mol. The highest BCUT2D eigenvalue weighted by Gasteiger charge is 2.58. The van der Waals surface area contributed by atoms with Gasteiger partial charge in [0, 0.05) is 36.6 Å². The molecular formula is C17H32IN3O. The maximum absolute atomic E-state index is 6.00. The molecule has 3 aliphatic rings. The van der Waals surface area contributed by atoms with Gasteiger partial charge in [-0.1, -0.05) is 26.7 Å². The SMILES string of the molecule is CCN=C(NC1CCCC1)NC1C2CCCOC2C1(C)C.I. The molecule has 0 aromatic heterocycles. The Hall–Kier alpha value is -0.0400. The van der Waals surface area contributed by atoms with Crippen LogP contribution >= 0.6 is 24.0 Å². The summed E-state index contributed by atoms with van der Waals surface area (Å²) in [5.41, 5.74) is 0.205. The molecule has 3 fully saturated rings. The number of rotatable bonds is 3. The van der Waals surface area contributed by atoms with E-state index in [9.17, 15) is 0 Å². The minimum Gasteiger partial charge on any atom is -0.377 e. The zero-order valence-corrected chi connectivity index (χ0v) is 16.6. The van der Waals surface area contributed by atoms with Gasteiger partial charge in [0.2, 0.25) is 0 Å². The Labute approximate surface area is 152 Å². The van der Waals surface area contributed by atoms with Crippen molar-refractivity contribution in [2.45, 2.75) is 77.5 Å². The lowest BCUT2D eigenvalue weighted by Crippen LogP contribution is -2.71. The van der Waals surface area contributed by atoms with Crippen molar-refractivity contribution in [2.75, 3.05) is 13.2 Å². The van der Waals surface area contributed by atoms with E-state index in [1.165, 1.54) is 38.5 Å². The van der Waals surface area contributed by atoms with Crippen molar-refractivity contribution in [1.82, 2.24) is 10.6 Å². The number of fused-ring (bicyclic) bond motifs is 1. The van der Waals surface area contributed by atoms with Gasteiger partial charge in [0.25, 0.3) is 0 Å². The number of hydrogen-bond donors (Lipinski definition) is 2. The summed E-state index contributed by atoms with van der Waals surface area (Å²) in [7, 11) is 0. The van der Waals surface area contributed by atoms with Crippen LogP contribution in [0.1, 0.15) is 59.3 Å². The molecule has 0 aromatic rings. The molecule has 1 aliphatic heterocycles. The van der Waals surface area contributed by atoms with Crippen LogP contribution in [0.25, 0.3) is 0 Å². The van der Waals surface area contributed by atoms with Crippen LogP contribution in [0.2, 0.25) is 0 Å². The zero-order valence-electron chi connectivity index (χ0n) is 14.2. The number of nitrogens with zero attached hydrogens (tertiary/aromatic N) is 1. The molecule has 2 saturated carbocycles. The molecule has 1 saturated heterocycles. The maximum Gasteiger partial charge on any atom is 0.191 e. The largest absolute Gasteiger partial charge is 0.377 e. The molecule has 0 bridgehead atoms. The van der Waals surface area contributed by atoms with Gasteiger partial charge in [-0.05, 0) is 32.6 Å². The molecule has 1 heterocycles. The average molecular weight is 421 g/mol. The molecule has 0 spiro atoms. The van der Waals surface area contributed by atoms with Crippen LogP contribution in [0.3, 0.4) is 0 Å². The second-order valence-corrected chi connectivity index (χ2v) is 7.49. The molecular weight excluding hydrogens is 389 g/mol. The lowest BCUT2D eigenvalue weighted by molar-refractivity contribution is -0.188. The summed E-state index contributed by atoms with van der Waals surface area (Å²) in [6, 6.07) is 1.10. The molecule has 2 N–H and O–H groups in total. The summed E-state index contributed by atoms with van der Waals surface area (Å²) >= 11 is 0. The molecule has 0 amide bonds. The van der Waals surface area contributed by atoms with Crippen molar-refractivity contribution in [1.29, 1.82) is 0 Å². The molecule has 5 heteroatoms. The number of aliphatic imine (C=N–C) groups is 1. The van der Waals surface area contributed by atoms with Crippen molar-refractivity contribution in [3.8, 4) is 0 Å². The predicted octanol–water partition coefficient (Wildman–Crippen LogP) is 3.31. The van der Waals surface area contributed by atoms with E-state index < -0.39 is 0 Å². The number of guanidine groups is 1. The summed E-state index contributed by atoms with van der Waals surface area (Å²) in [6.07, 6.45) is 8.19. The average Bonchev–Trinajstić information content (AvgIpc) is 2.98. The lowest BCUT2D eigenvalue weighted by Gasteiger charge is -2.60. The van der Waals surface area contributed by atoms with Gasteiger partial charge in [-0.2, -0.15) is 0 Å². The first-order chi connectivity index (χ1) is 10.1. The van der Waals surface area contributed by atoms with Gasteiger partial charge in [0.15, 0.2) is 5.96 Å². The Bertz CT molecular complexity index is 393. The van der Waals surface area contributed by atoms with Crippen LogP contribution in [-0.4, -0.2) is 37.3 Å². The Morgan fingerprint density at radius 3 is 2.55 bits per heavy atom. The molecule has 3 unspecified atom stereocenters. The van der Waals surface area contributed by atoms with Crippen LogP contribution in [0.4, 0.5) is 0 Å². The van der Waals surface area contributed by atoms with E-state index in [0.717, 1.165) is 19.1 Å². The highest BCUT2D eigenvalue weighted by Crippen LogP contribution is 2.51. The van der Waals surface area contributed by atoms with Crippen LogP contribution in [0.15, 0.2) is 4.99 Å². The first kappa shape index (κ1) is 18.3. The zero-order chi connectivity index (χ0) is 14.9. The summed E-state index contributed by atoms with van der Waals surface area (Å²) in [5, 5.41) is 7.38. The quantitative estimate of drug-likeness (QED) is 0.418. The third-order valence-corrected chi connectivity index (χ3v) is 5.64. The fraction of sp³-hybridized carbons (Fsp3) is 0.941. The van der Waals surface area contributed by atoms with Gasteiger partial charge in [0.1, 0.15) is 0 Å². The fourth-order valence-electron chi connectivity index (χ4n) is 4.52. The van der Waals surface area contributed by atoms with Crippen LogP contribution in [0.5, 0.6) is 0 Å². The standard InChI is InChI=1S/C17H31N3O.HI/c1-4-18-16(19-12-8-5-6-9-12)20-14-13-10-7-11-21-15(13)17(14,2)3;/h12-15H,4-11H2,1-3H3,(H2,18,19,20);1H. The van der Waals surface area contributed by atoms with E-state index in [4.69, 9.17) is 4.74 Å². The Kier molecular flexibility index (Phi) is 6.39. The maximum atomic E-state index is 6.00. The molecule has 4 nitrogen and oxygen atoms in total. The van der Waals surface area contributed by atoms with Crippen molar-refractivity contribution in [3.63, 3.8) is 0 Å². The molecule has 3 rings (SSSR count). The Balaban J connectivity index is 0.00000176. The van der Waals surface area contributed by atoms with E-state index in [2.05, 4.69) is 36.4 Å². The minimum atomic E-state index is 0. The van der Waals surface area contributed by atoms with Gasteiger partial charge in [0.05, 0.1) is 6.10 Å². The minimum absolute atomic E-state index is 0. The normalized spacial score (nSPS) is 34.3. The molecule has 0 radical (unpaired) electrons. The first-order valence-electron chi connectivity index (χ1n) is 8.82. The summed E-state index contributed by atoms with van der Waals surface area (Å²) in [5.74, 6) is 1.67. The van der Waals surface area contributed by atoms with E-state index in [0.29, 0.717) is 24.1 Å². The number of nitrogens with one attached hydrogen (secondary N) is 2. The smallest absolute Gasteiger partial charge is 0.191 e. The third-order valence-electron chi connectivity index (χ3n) is 5.64. The Morgan fingerprint density at radius 1 is 1.14 bits per heavy atom. The second-order valence-electron chi connectivity index (χ2n) is 7.49. The van der Waals surface area contributed by atoms with Crippen molar-refractivity contribution in [3.05, 3.63) is 0 Å². The highest BCUT2D eigenvalue weighted by atomic mass is 127. The summed E-state index contributed by atoms with van der Waals surface area (Å²) in [4.78, 5) is 4.67. The predicted molar refractivity (Wildman–Crippen MR) is 102 cm³/mol. The van der Waals surface area contributed by atoms with E-state index in [1.54, 1.807) is 0 Å². The van der Waals surface area contributed by atoms with Crippen LogP contribution < -0.4 is 10.6 Å². The second kappa shape index (κ2) is 7.69. The van der Waals surface area contributed by atoms with Gasteiger partial charge in [-0.15, -0.1) is 24.0 Å². The third kappa shape index (κ3) is 3.55. The number of ether oxygens (including phenoxy) is 1. The van der Waals surface area contributed by atoms with Crippen LogP contribution in [-0.2, 0) is 4.74 Å². The molecule has 128 valence electrons. The van der Waals surface area contributed by atoms with Crippen molar-refractivity contribution < 1.29 is 4.74 Å². The number of hydrogen-bond acceptors (Lipinski definition) is 2. The fourth-order valence-corrected chi connectivity index (χ4v) is 4.52.